The van der Waals surface area contributed by atoms with E-state index >= 15 is 0 Å². The smallest absolute Gasteiger partial charge is 0.253 e. The molecule has 1 fully saturated rings. The SMILES string of the molecule is CCCN1CCN(C(=O)c2ccc(Br)c(Cl)c2)CC1. The highest BCUT2D eigenvalue weighted by Crippen LogP contribution is 2.24. The van der Waals surface area contributed by atoms with Crippen LogP contribution in [0.1, 0.15) is 23.7 Å². The maximum atomic E-state index is 12.4. The molecule has 3 nitrogen and oxygen atoms in total. The first kappa shape index (κ1) is 14.8. The maximum absolute atomic E-state index is 12.4. The van der Waals surface area contributed by atoms with E-state index in [0.717, 1.165) is 43.6 Å². The first-order valence-corrected chi connectivity index (χ1v) is 7.75. The lowest BCUT2D eigenvalue weighted by atomic mass is 10.2. The fraction of sp³-hybridized carbons (Fsp3) is 0.500. The van der Waals surface area contributed by atoms with Gasteiger partial charge in [0.05, 0.1) is 5.02 Å². The molecule has 0 spiro atoms. The van der Waals surface area contributed by atoms with Gasteiger partial charge < -0.3 is 4.90 Å². The molecular weight excluding hydrogens is 328 g/mol. The third-order valence-corrected chi connectivity index (χ3v) is 4.60. The lowest BCUT2D eigenvalue weighted by Crippen LogP contribution is -2.48. The van der Waals surface area contributed by atoms with Gasteiger partial charge in [0.15, 0.2) is 0 Å². The Morgan fingerprint density at radius 1 is 1.32 bits per heavy atom. The van der Waals surface area contributed by atoms with Crippen LogP contribution >= 0.6 is 27.5 Å². The van der Waals surface area contributed by atoms with Crippen LogP contribution in [0.2, 0.25) is 5.02 Å². The van der Waals surface area contributed by atoms with Gasteiger partial charge in [-0.05, 0) is 47.1 Å². The summed E-state index contributed by atoms with van der Waals surface area (Å²) in [5.41, 5.74) is 0.664. The van der Waals surface area contributed by atoms with Crippen LogP contribution in [-0.4, -0.2) is 48.4 Å². The lowest BCUT2D eigenvalue weighted by Gasteiger charge is -2.34. The highest BCUT2D eigenvalue weighted by Gasteiger charge is 2.21. The Morgan fingerprint density at radius 2 is 2.00 bits per heavy atom. The second-order valence-corrected chi connectivity index (χ2v) is 6.02. The highest BCUT2D eigenvalue weighted by molar-refractivity contribution is 9.10. The van der Waals surface area contributed by atoms with Crippen LogP contribution in [0.5, 0.6) is 0 Å². The quantitative estimate of drug-likeness (QED) is 0.839. The van der Waals surface area contributed by atoms with E-state index in [0.29, 0.717) is 10.6 Å². The average Bonchev–Trinajstić information content (AvgIpc) is 2.42. The van der Waals surface area contributed by atoms with Gasteiger partial charge in [-0.2, -0.15) is 0 Å². The summed E-state index contributed by atoms with van der Waals surface area (Å²) in [7, 11) is 0. The number of halogens is 2. The Bertz CT molecular complexity index is 459. The van der Waals surface area contributed by atoms with Crippen molar-refractivity contribution in [1.29, 1.82) is 0 Å². The number of carbonyl (C=O) groups excluding carboxylic acids is 1. The Labute approximate surface area is 127 Å². The van der Waals surface area contributed by atoms with Crippen molar-refractivity contribution in [3.63, 3.8) is 0 Å². The molecule has 1 heterocycles. The van der Waals surface area contributed by atoms with Crippen LogP contribution in [-0.2, 0) is 0 Å². The number of benzene rings is 1. The number of carbonyl (C=O) groups is 1. The van der Waals surface area contributed by atoms with Crippen LogP contribution < -0.4 is 0 Å². The molecule has 1 aliphatic heterocycles. The van der Waals surface area contributed by atoms with Crippen LogP contribution in [0.25, 0.3) is 0 Å². The summed E-state index contributed by atoms with van der Waals surface area (Å²) in [6, 6.07) is 5.37. The van der Waals surface area contributed by atoms with Gasteiger partial charge in [-0.15, -0.1) is 0 Å². The summed E-state index contributed by atoms with van der Waals surface area (Å²) < 4.78 is 0.818. The maximum Gasteiger partial charge on any atom is 0.253 e. The third-order valence-electron chi connectivity index (χ3n) is 3.37. The van der Waals surface area contributed by atoms with E-state index in [1.165, 1.54) is 0 Å². The molecule has 1 amide bonds. The Kier molecular flexibility index (Phi) is 5.25. The molecule has 0 N–H and O–H groups in total. The van der Waals surface area contributed by atoms with E-state index in [1.807, 2.05) is 17.0 Å². The zero-order valence-electron chi connectivity index (χ0n) is 11.0. The van der Waals surface area contributed by atoms with E-state index in [2.05, 4.69) is 27.8 Å². The van der Waals surface area contributed by atoms with Crippen molar-refractivity contribution in [2.45, 2.75) is 13.3 Å². The molecule has 0 bridgehead atoms. The minimum Gasteiger partial charge on any atom is -0.336 e. The standard InChI is InChI=1S/C14H18BrClN2O/c1-2-5-17-6-8-18(9-7-17)14(19)11-3-4-12(15)13(16)10-11/h3-4,10H,2,5-9H2,1H3. The van der Waals surface area contributed by atoms with E-state index in [9.17, 15) is 4.79 Å². The molecule has 1 aromatic carbocycles. The summed E-state index contributed by atoms with van der Waals surface area (Å²) in [5.74, 6) is 0.0746. The van der Waals surface area contributed by atoms with Gasteiger partial charge in [0, 0.05) is 36.2 Å². The van der Waals surface area contributed by atoms with Gasteiger partial charge >= 0.3 is 0 Å². The molecular formula is C14H18BrClN2O. The molecule has 104 valence electrons. The fourth-order valence-electron chi connectivity index (χ4n) is 2.30. The number of nitrogens with zero attached hydrogens (tertiary/aromatic N) is 2. The van der Waals surface area contributed by atoms with Crippen LogP contribution in [0.3, 0.4) is 0 Å². The van der Waals surface area contributed by atoms with Crippen molar-refractivity contribution in [2.75, 3.05) is 32.7 Å². The second kappa shape index (κ2) is 6.73. The van der Waals surface area contributed by atoms with Crippen molar-refractivity contribution in [2.24, 2.45) is 0 Å². The molecule has 19 heavy (non-hydrogen) atoms. The average molecular weight is 346 g/mol. The van der Waals surface area contributed by atoms with Gasteiger partial charge in [-0.3, -0.25) is 9.69 Å². The van der Waals surface area contributed by atoms with Gasteiger partial charge in [0.2, 0.25) is 0 Å². The molecule has 0 aliphatic carbocycles. The normalized spacial score (nSPS) is 16.7. The predicted molar refractivity (Wildman–Crippen MR) is 81.8 cm³/mol. The molecule has 0 saturated carbocycles. The number of piperazine rings is 1. The first-order valence-electron chi connectivity index (χ1n) is 6.58. The van der Waals surface area contributed by atoms with E-state index in [4.69, 9.17) is 11.6 Å². The van der Waals surface area contributed by atoms with Crippen molar-refractivity contribution < 1.29 is 4.79 Å². The summed E-state index contributed by atoms with van der Waals surface area (Å²) in [6.45, 7) is 6.82. The third kappa shape index (κ3) is 3.71. The van der Waals surface area contributed by atoms with Crippen LogP contribution in [0, 0.1) is 0 Å². The predicted octanol–water partition coefficient (Wildman–Crippen LogP) is 3.27. The molecule has 2 rings (SSSR count). The lowest BCUT2D eigenvalue weighted by molar-refractivity contribution is 0.0637. The topological polar surface area (TPSA) is 23.6 Å². The first-order chi connectivity index (χ1) is 9.11. The van der Waals surface area contributed by atoms with Crippen LogP contribution in [0.4, 0.5) is 0 Å². The number of amides is 1. The molecule has 1 saturated heterocycles. The molecule has 0 unspecified atom stereocenters. The Balaban J connectivity index is 1.99. The molecule has 1 aromatic rings. The van der Waals surface area contributed by atoms with Crippen LogP contribution in [0.15, 0.2) is 22.7 Å². The Morgan fingerprint density at radius 3 is 2.58 bits per heavy atom. The van der Waals surface area contributed by atoms with E-state index in [1.54, 1.807) is 6.07 Å². The van der Waals surface area contributed by atoms with Crippen molar-refractivity contribution in [1.82, 2.24) is 9.80 Å². The number of hydrogen-bond acceptors (Lipinski definition) is 2. The molecule has 0 atom stereocenters. The summed E-state index contributed by atoms with van der Waals surface area (Å²) in [5, 5.41) is 0.579. The molecule has 0 aromatic heterocycles. The zero-order chi connectivity index (χ0) is 13.8. The number of rotatable bonds is 3. The monoisotopic (exact) mass is 344 g/mol. The van der Waals surface area contributed by atoms with Gasteiger partial charge in [-0.1, -0.05) is 18.5 Å². The zero-order valence-corrected chi connectivity index (χ0v) is 13.4. The van der Waals surface area contributed by atoms with Crippen molar-refractivity contribution in [3.05, 3.63) is 33.3 Å². The van der Waals surface area contributed by atoms with Gasteiger partial charge in [-0.25, -0.2) is 0 Å². The fourth-order valence-corrected chi connectivity index (χ4v) is 2.73. The Hall–Kier alpha value is -0.580. The number of hydrogen-bond donors (Lipinski definition) is 0. The van der Waals surface area contributed by atoms with Gasteiger partial charge in [0.1, 0.15) is 0 Å². The van der Waals surface area contributed by atoms with Crippen molar-refractivity contribution >= 4 is 33.4 Å². The molecule has 5 heteroatoms. The second-order valence-electron chi connectivity index (χ2n) is 4.76. The van der Waals surface area contributed by atoms with E-state index < -0.39 is 0 Å². The highest BCUT2D eigenvalue weighted by atomic mass is 79.9. The van der Waals surface area contributed by atoms with E-state index in [-0.39, 0.29) is 5.91 Å². The van der Waals surface area contributed by atoms with Crippen molar-refractivity contribution in [3.8, 4) is 0 Å². The minimum atomic E-state index is 0.0746. The molecule has 1 aliphatic rings. The summed E-state index contributed by atoms with van der Waals surface area (Å²) in [4.78, 5) is 16.7. The molecule has 0 radical (unpaired) electrons. The summed E-state index contributed by atoms with van der Waals surface area (Å²) >= 11 is 9.37. The largest absolute Gasteiger partial charge is 0.336 e. The minimum absolute atomic E-state index is 0.0746. The summed E-state index contributed by atoms with van der Waals surface area (Å²) in [6.07, 6.45) is 1.16. The van der Waals surface area contributed by atoms with Gasteiger partial charge in [0.25, 0.3) is 5.91 Å².